The smallest absolute Gasteiger partial charge is 0.123 e. The molecule has 0 aliphatic rings. The lowest BCUT2D eigenvalue weighted by Crippen LogP contribution is -2.30. The van der Waals surface area contributed by atoms with Gasteiger partial charge in [-0.15, -0.1) is 0 Å². The van der Waals surface area contributed by atoms with E-state index in [1.807, 2.05) is 25.1 Å². The molecule has 3 heteroatoms. The highest BCUT2D eigenvalue weighted by molar-refractivity contribution is 5.35. The zero-order valence-electron chi connectivity index (χ0n) is 10.9. The Bertz CT molecular complexity index is 328. The highest BCUT2D eigenvalue weighted by Crippen LogP contribution is 2.26. The van der Waals surface area contributed by atoms with Gasteiger partial charge in [-0.25, -0.2) is 0 Å². The molecule has 0 aromatic heterocycles. The number of aliphatic hydroxyl groups excluding tert-OH is 1. The second-order valence-corrected chi connectivity index (χ2v) is 4.17. The molecule has 0 radical (unpaired) electrons. The Morgan fingerprint density at radius 3 is 2.53 bits per heavy atom. The van der Waals surface area contributed by atoms with E-state index in [0.29, 0.717) is 6.54 Å². The van der Waals surface area contributed by atoms with E-state index in [4.69, 9.17) is 4.74 Å². The lowest BCUT2D eigenvalue weighted by molar-refractivity contribution is 0.162. The van der Waals surface area contributed by atoms with Crippen molar-refractivity contribution in [3.05, 3.63) is 29.8 Å². The number of ether oxygens (including phenoxy) is 1. The maximum absolute atomic E-state index is 9.58. The zero-order valence-corrected chi connectivity index (χ0v) is 10.9. The first kappa shape index (κ1) is 14.0. The number of aliphatic hydroxyl groups is 1. The Kier molecular flexibility index (Phi) is 6.01. The Hall–Kier alpha value is -1.06. The van der Waals surface area contributed by atoms with Crippen LogP contribution in [0.2, 0.25) is 0 Å². The molecule has 3 nitrogen and oxygen atoms in total. The van der Waals surface area contributed by atoms with E-state index in [-0.39, 0.29) is 12.1 Å². The van der Waals surface area contributed by atoms with Gasteiger partial charge in [0.15, 0.2) is 0 Å². The van der Waals surface area contributed by atoms with E-state index in [1.54, 1.807) is 7.11 Å². The van der Waals surface area contributed by atoms with Crippen molar-refractivity contribution in [1.29, 1.82) is 0 Å². The average molecular weight is 237 g/mol. The number of benzene rings is 1. The fourth-order valence-corrected chi connectivity index (χ4v) is 1.85. The fraction of sp³-hybridized carbons (Fsp3) is 0.571. The average Bonchev–Trinajstić information content (AvgIpc) is 2.39. The van der Waals surface area contributed by atoms with Gasteiger partial charge in [0.25, 0.3) is 0 Å². The monoisotopic (exact) mass is 237 g/mol. The molecular formula is C14H23NO2. The van der Waals surface area contributed by atoms with Crippen LogP contribution < -0.4 is 10.1 Å². The first-order chi connectivity index (χ1) is 8.22. The highest BCUT2D eigenvalue weighted by atomic mass is 16.5. The van der Waals surface area contributed by atoms with Gasteiger partial charge in [-0.3, -0.25) is 0 Å². The van der Waals surface area contributed by atoms with Crippen molar-refractivity contribution in [3.63, 3.8) is 0 Å². The van der Waals surface area contributed by atoms with E-state index >= 15 is 0 Å². The largest absolute Gasteiger partial charge is 0.496 e. The Labute approximate surface area is 104 Å². The van der Waals surface area contributed by atoms with E-state index in [1.165, 1.54) is 0 Å². The first-order valence-electron chi connectivity index (χ1n) is 6.27. The van der Waals surface area contributed by atoms with Crippen LogP contribution >= 0.6 is 0 Å². The molecule has 0 spiro atoms. The number of rotatable bonds is 7. The van der Waals surface area contributed by atoms with Crippen molar-refractivity contribution in [2.24, 2.45) is 0 Å². The Morgan fingerprint density at radius 2 is 1.94 bits per heavy atom. The normalized spacial score (nSPS) is 14.4. The van der Waals surface area contributed by atoms with E-state index < -0.39 is 0 Å². The maximum atomic E-state index is 9.58. The van der Waals surface area contributed by atoms with Crippen LogP contribution in [-0.4, -0.2) is 24.9 Å². The van der Waals surface area contributed by atoms with Gasteiger partial charge < -0.3 is 15.2 Å². The molecule has 0 fully saturated rings. The number of methoxy groups -OCH3 is 1. The minimum Gasteiger partial charge on any atom is -0.496 e. The van der Waals surface area contributed by atoms with Crippen LogP contribution in [0.3, 0.4) is 0 Å². The van der Waals surface area contributed by atoms with E-state index in [2.05, 4.69) is 18.3 Å². The topological polar surface area (TPSA) is 41.5 Å². The summed E-state index contributed by atoms with van der Waals surface area (Å²) < 4.78 is 5.36. The number of nitrogens with one attached hydrogen (secondary N) is 1. The Balaban J connectivity index is 2.72. The molecule has 0 saturated carbocycles. The molecule has 1 aromatic carbocycles. The summed E-state index contributed by atoms with van der Waals surface area (Å²) in [5.41, 5.74) is 1.15. The van der Waals surface area contributed by atoms with Crippen LogP contribution in [0.4, 0.5) is 0 Å². The van der Waals surface area contributed by atoms with Crippen LogP contribution in [0.25, 0.3) is 0 Å². The summed E-state index contributed by atoms with van der Waals surface area (Å²) in [6, 6.07) is 8.25. The van der Waals surface area contributed by atoms with E-state index in [0.717, 1.165) is 24.2 Å². The van der Waals surface area contributed by atoms with Gasteiger partial charge in [0.2, 0.25) is 0 Å². The SMILES string of the molecule is CCC(O)CNC(CC)c1ccccc1OC. The third-order valence-electron chi connectivity index (χ3n) is 2.99. The van der Waals surface area contributed by atoms with Crippen LogP contribution in [0.5, 0.6) is 5.75 Å². The first-order valence-corrected chi connectivity index (χ1v) is 6.27. The van der Waals surface area contributed by atoms with Gasteiger partial charge >= 0.3 is 0 Å². The van der Waals surface area contributed by atoms with Gasteiger partial charge in [-0.2, -0.15) is 0 Å². The van der Waals surface area contributed by atoms with Gasteiger partial charge in [-0.1, -0.05) is 32.0 Å². The molecule has 2 N–H and O–H groups in total. The molecule has 0 aliphatic heterocycles. The van der Waals surface area contributed by atoms with Gasteiger partial charge in [0, 0.05) is 18.2 Å². The molecule has 0 bridgehead atoms. The third kappa shape index (κ3) is 4.02. The van der Waals surface area contributed by atoms with Gasteiger partial charge in [0.1, 0.15) is 5.75 Å². The Morgan fingerprint density at radius 1 is 1.24 bits per heavy atom. The lowest BCUT2D eigenvalue weighted by Gasteiger charge is -2.21. The van der Waals surface area contributed by atoms with Crippen molar-refractivity contribution in [2.45, 2.75) is 38.8 Å². The van der Waals surface area contributed by atoms with Gasteiger partial charge in [0.05, 0.1) is 13.2 Å². The van der Waals surface area contributed by atoms with Crippen LogP contribution in [0, 0.1) is 0 Å². The summed E-state index contributed by atoms with van der Waals surface area (Å²) in [6.45, 7) is 4.73. The number of para-hydroxylation sites is 1. The lowest BCUT2D eigenvalue weighted by atomic mass is 10.0. The minimum absolute atomic E-state index is 0.229. The summed E-state index contributed by atoms with van der Waals surface area (Å²) in [7, 11) is 1.69. The molecule has 17 heavy (non-hydrogen) atoms. The number of hydrogen-bond donors (Lipinski definition) is 2. The second-order valence-electron chi connectivity index (χ2n) is 4.17. The van der Waals surface area contributed by atoms with Crippen LogP contribution in [-0.2, 0) is 0 Å². The molecule has 0 heterocycles. The van der Waals surface area contributed by atoms with E-state index in [9.17, 15) is 5.11 Å². The summed E-state index contributed by atoms with van der Waals surface area (Å²) in [6.07, 6.45) is 1.46. The highest BCUT2D eigenvalue weighted by Gasteiger charge is 2.14. The summed E-state index contributed by atoms with van der Waals surface area (Å²) in [4.78, 5) is 0. The molecule has 0 amide bonds. The molecule has 0 saturated heterocycles. The standard InChI is InChI=1S/C14H23NO2/c1-4-11(16)10-15-13(5-2)12-8-6-7-9-14(12)17-3/h6-9,11,13,15-16H,4-5,10H2,1-3H3. The van der Waals surface area contributed by atoms with Crippen LogP contribution in [0.15, 0.2) is 24.3 Å². The summed E-state index contributed by atoms with van der Waals surface area (Å²) >= 11 is 0. The minimum atomic E-state index is -0.279. The second kappa shape index (κ2) is 7.30. The molecular weight excluding hydrogens is 214 g/mol. The quantitative estimate of drug-likeness (QED) is 0.765. The summed E-state index contributed by atoms with van der Waals surface area (Å²) in [5, 5.41) is 13.0. The fourth-order valence-electron chi connectivity index (χ4n) is 1.85. The molecule has 0 aliphatic carbocycles. The molecule has 96 valence electrons. The maximum Gasteiger partial charge on any atom is 0.123 e. The molecule has 2 atom stereocenters. The third-order valence-corrected chi connectivity index (χ3v) is 2.99. The number of hydrogen-bond acceptors (Lipinski definition) is 3. The van der Waals surface area contributed by atoms with Crippen LogP contribution in [0.1, 0.15) is 38.3 Å². The molecule has 2 unspecified atom stereocenters. The van der Waals surface area contributed by atoms with Crippen molar-refractivity contribution < 1.29 is 9.84 Å². The molecule has 1 aromatic rings. The van der Waals surface area contributed by atoms with Gasteiger partial charge in [-0.05, 0) is 18.9 Å². The van der Waals surface area contributed by atoms with Crippen molar-refractivity contribution >= 4 is 0 Å². The van der Waals surface area contributed by atoms with Crippen molar-refractivity contribution in [2.75, 3.05) is 13.7 Å². The van der Waals surface area contributed by atoms with Crippen molar-refractivity contribution in [1.82, 2.24) is 5.32 Å². The van der Waals surface area contributed by atoms with Crippen molar-refractivity contribution in [3.8, 4) is 5.75 Å². The molecule has 1 rings (SSSR count). The predicted octanol–water partition coefficient (Wildman–Crippen LogP) is 2.51. The summed E-state index contributed by atoms with van der Waals surface area (Å²) in [5.74, 6) is 0.901. The zero-order chi connectivity index (χ0) is 12.7. The predicted molar refractivity (Wildman–Crippen MR) is 70.3 cm³/mol.